The summed E-state index contributed by atoms with van der Waals surface area (Å²) in [5, 5.41) is 0. The molecule has 4 nitrogen and oxygen atoms in total. The minimum atomic E-state index is -3.55. The number of unbranched alkanes of at least 4 members (excludes halogenated alkanes) is 2. The molecule has 0 aliphatic carbocycles. The summed E-state index contributed by atoms with van der Waals surface area (Å²) in [5.41, 5.74) is 0. The Morgan fingerprint density at radius 1 is 1.29 bits per heavy atom. The van der Waals surface area contributed by atoms with Crippen molar-refractivity contribution in [1.29, 1.82) is 0 Å². The van der Waals surface area contributed by atoms with Gasteiger partial charge in [0, 0.05) is 6.21 Å². The Kier molecular flexibility index (Phi) is 5.15. The Morgan fingerprint density at radius 2 is 1.94 bits per heavy atom. The van der Waals surface area contributed by atoms with Crippen molar-refractivity contribution in [2.24, 2.45) is 4.40 Å². The second kappa shape index (κ2) is 6.39. The fraction of sp³-hybridized carbons (Fsp3) is 0.417. The zero-order chi connectivity index (χ0) is 12.7. The lowest BCUT2D eigenvalue weighted by Gasteiger charge is -2.01. The van der Waals surface area contributed by atoms with Gasteiger partial charge in [0.1, 0.15) is 5.75 Å². The number of nitrogens with zero attached hydrogens (tertiary/aromatic N) is 1. The van der Waals surface area contributed by atoms with Crippen molar-refractivity contribution in [3.05, 3.63) is 24.3 Å². The van der Waals surface area contributed by atoms with Crippen LogP contribution in [0.3, 0.4) is 0 Å². The molecule has 94 valence electrons. The molecule has 0 atom stereocenters. The van der Waals surface area contributed by atoms with Crippen LogP contribution >= 0.6 is 0 Å². The van der Waals surface area contributed by atoms with Crippen LogP contribution in [-0.4, -0.2) is 21.7 Å². The normalized spacial score (nSPS) is 11.9. The van der Waals surface area contributed by atoms with Gasteiger partial charge in [0.2, 0.25) is 0 Å². The first-order valence-electron chi connectivity index (χ1n) is 5.53. The number of hydrogen-bond donors (Lipinski definition) is 0. The molecule has 0 unspecified atom stereocenters. The Labute approximate surface area is 102 Å². The predicted octanol–water partition coefficient (Wildman–Crippen LogP) is 2.64. The molecular formula is C12H17NO3S. The summed E-state index contributed by atoms with van der Waals surface area (Å²) in [7, 11) is -2.02. The minimum absolute atomic E-state index is 0.186. The van der Waals surface area contributed by atoms with E-state index in [2.05, 4.69) is 4.40 Å². The summed E-state index contributed by atoms with van der Waals surface area (Å²) in [4.78, 5) is 0.186. The average molecular weight is 255 g/mol. The van der Waals surface area contributed by atoms with Crippen LogP contribution in [0.25, 0.3) is 0 Å². The van der Waals surface area contributed by atoms with Crippen LogP contribution in [0.15, 0.2) is 33.6 Å². The molecule has 17 heavy (non-hydrogen) atoms. The first kappa shape index (κ1) is 13.7. The van der Waals surface area contributed by atoms with Crippen LogP contribution in [-0.2, 0) is 10.0 Å². The highest BCUT2D eigenvalue weighted by molar-refractivity contribution is 7.90. The van der Waals surface area contributed by atoms with E-state index >= 15 is 0 Å². The smallest absolute Gasteiger partial charge is 0.281 e. The SMILES string of the molecule is CCCC/C=N/S(=O)(=O)c1ccc(OC)cc1. The fourth-order valence-corrected chi connectivity index (χ4v) is 2.16. The third-order valence-corrected chi connectivity index (χ3v) is 3.55. The predicted molar refractivity (Wildman–Crippen MR) is 68.2 cm³/mol. The summed E-state index contributed by atoms with van der Waals surface area (Å²) in [6.07, 6.45) is 4.12. The maximum atomic E-state index is 11.8. The molecule has 0 saturated carbocycles. The number of rotatable bonds is 6. The zero-order valence-corrected chi connectivity index (χ0v) is 10.9. The number of ether oxygens (including phenoxy) is 1. The van der Waals surface area contributed by atoms with Gasteiger partial charge >= 0.3 is 0 Å². The maximum absolute atomic E-state index is 11.8. The Bertz CT molecular complexity index is 463. The van der Waals surface area contributed by atoms with Gasteiger partial charge in [0.15, 0.2) is 0 Å². The van der Waals surface area contributed by atoms with Gasteiger partial charge in [0.05, 0.1) is 12.0 Å². The van der Waals surface area contributed by atoms with Gasteiger partial charge in [-0.3, -0.25) is 0 Å². The van der Waals surface area contributed by atoms with Gasteiger partial charge in [-0.1, -0.05) is 13.3 Å². The molecular weight excluding hydrogens is 238 g/mol. The van der Waals surface area contributed by atoms with E-state index < -0.39 is 10.0 Å². The topological polar surface area (TPSA) is 55.7 Å². The molecule has 0 spiro atoms. The standard InChI is InChI=1S/C12H17NO3S/c1-3-4-5-10-13-17(14,15)12-8-6-11(16-2)7-9-12/h6-10H,3-5H2,1-2H3/b13-10+. The Balaban J connectivity index is 2.78. The number of methoxy groups -OCH3 is 1. The number of sulfonamides is 1. The highest BCUT2D eigenvalue weighted by atomic mass is 32.2. The fourth-order valence-electron chi connectivity index (χ4n) is 1.25. The molecule has 0 saturated heterocycles. The highest BCUT2D eigenvalue weighted by Crippen LogP contribution is 2.17. The summed E-state index contributed by atoms with van der Waals surface area (Å²) in [6, 6.07) is 6.19. The van der Waals surface area contributed by atoms with Crippen molar-refractivity contribution >= 4 is 16.2 Å². The molecule has 1 rings (SSSR count). The van der Waals surface area contributed by atoms with Gasteiger partial charge < -0.3 is 4.74 Å². The molecule has 1 aromatic carbocycles. The van der Waals surface area contributed by atoms with E-state index in [-0.39, 0.29) is 4.90 Å². The van der Waals surface area contributed by atoms with Crippen molar-refractivity contribution in [3.8, 4) is 5.75 Å². The second-order valence-electron chi connectivity index (χ2n) is 3.58. The van der Waals surface area contributed by atoms with E-state index in [4.69, 9.17) is 4.74 Å². The number of benzene rings is 1. The minimum Gasteiger partial charge on any atom is -0.497 e. The van der Waals surface area contributed by atoms with E-state index in [0.717, 1.165) is 12.8 Å². The molecule has 0 aliphatic rings. The van der Waals surface area contributed by atoms with E-state index in [9.17, 15) is 8.42 Å². The second-order valence-corrected chi connectivity index (χ2v) is 5.21. The van der Waals surface area contributed by atoms with Crippen molar-refractivity contribution < 1.29 is 13.2 Å². The van der Waals surface area contributed by atoms with Crippen LogP contribution in [0.2, 0.25) is 0 Å². The van der Waals surface area contributed by atoms with Crippen LogP contribution < -0.4 is 4.74 Å². The maximum Gasteiger partial charge on any atom is 0.281 e. The first-order valence-corrected chi connectivity index (χ1v) is 6.97. The highest BCUT2D eigenvalue weighted by Gasteiger charge is 2.10. The molecule has 0 bridgehead atoms. The summed E-state index contributed by atoms with van der Waals surface area (Å²) < 4.78 is 32.1. The lowest BCUT2D eigenvalue weighted by Crippen LogP contribution is -1.97. The Hall–Kier alpha value is -1.36. The van der Waals surface area contributed by atoms with Crippen LogP contribution in [0, 0.1) is 0 Å². The molecule has 0 aromatic heterocycles. The lowest BCUT2D eigenvalue weighted by atomic mass is 10.3. The van der Waals surface area contributed by atoms with Crippen LogP contribution in [0.1, 0.15) is 26.2 Å². The molecule has 0 fully saturated rings. The van der Waals surface area contributed by atoms with Gasteiger partial charge in [-0.2, -0.15) is 12.8 Å². The third kappa shape index (κ3) is 4.19. The van der Waals surface area contributed by atoms with E-state index in [1.54, 1.807) is 12.1 Å². The van der Waals surface area contributed by atoms with Gasteiger partial charge in [-0.15, -0.1) is 0 Å². The van der Waals surface area contributed by atoms with Crippen molar-refractivity contribution in [2.75, 3.05) is 7.11 Å². The molecule has 1 aromatic rings. The average Bonchev–Trinajstić information content (AvgIpc) is 2.35. The van der Waals surface area contributed by atoms with Crippen LogP contribution in [0.4, 0.5) is 0 Å². The van der Waals surface area contributed by atoms with Crippen molar-refractivity contribution in [3.63, 3.8) is 0 Å². The van der Waals surface area contributed by atoms with E-state index in [0.29, 0.717) is 12.2 Å². The van der Waals surface area contributed by atoms with Gasteiger partial charge in [-0.25, -0.2) is 0 Å². The van der Waals surface area contributed by atoms with E-state index in [1.807, 2.05) is 6.92 Å². The molecule has 0 radical (unpaired) electrons. The van der Waals surface area contributed by atoms with Crippen LogP contribution in [0.5, 0.6) is 5.75 Å². The van der Waals surface area contributed by atoms with Crippen molar-refractivity contribution in [1.82, 2.24) is 0 Å². The lowest BCUT2D eigenvalue weighted by molar-refractivity contribution is 0.414. The summed E-state index contributed by atoms with van der Waals surface area (Å²) >= 11 is 0. The molecule has 0 amide bonds. The molecule has 0 heterocycles. The quantitative estimate of drug-likeness (QED) is 0.580. The van der Waals surface area contributed by atoms with Gasteiger partial charge in [-0.05, 0) is 37.1 Å². The zero-order valence-electron chi connectivity index (χ0n) is 10.1. The molecule has 0 N–H and O–H groups in total. The monoisotopic (exact) mass is 255 g/mol. The third-order valence-electron chi connectivity index (χ3n) is 2.26. The van der Waals surface area contributed by atoms with E-state index in [1.165, 1.54) is 25.5 Å². The summed E-state index contributed by atoms with van der Waals surface area (Å²) in [5.74, 6) is 0.624. The largest absolute Gasteiger partial charge is 0.497 e. The number of hydrogen-bond acceptors (Lipinski definition) is 3. The Morgan fingerprint density at radius 3 is 2.47 bits per heavy atom. The van der Waals surface area contributed by atoms with Crippen molar-refractivity contribution in [2.45, 2.75) is 31.1 Å². The summed E-state index contributed by atoms with van der Waals surface area (Å²) in [6.45, 7) is 2.05. The molecule has 0 aliphatic heterocycles. The first-order chi connectivity index (χ1) is 8.10. The molecule has 5 heteroatoms. The van der Waals surface area contributed by atoms with Gasteiger partial charge in [0.25, 0.3) is 10.0 Å².